The van der Waals surface area contributed by atoms with E-state index in [9.17, 15) is 14.4 Å². The second-order valence-corrected chi connectivity index (χ2v) is 11.3. The second-order valence-electron chi connectivity index (χ2n) is 8.00. The lowest BCUT2D eigenvalue weighted by Crippen LogP contribution is -2.58. The fraction of sp³-hybridized carbons (Fsp3) is 0.400. The lowest BCUT2D eigenvalue weighted by molar-refractivity contribution is -0.136. The quantitative estimate of drug-likeness (QED) is 0.333. The predicted octanol–water partition coefficient (Wildman–Crippen LogP) is 4.63. The maximum atomic E-state index is 14.5. The smallest absolute Gasteiger partial charge is 0.263 e. The third-order valence-corrected chi connectivity index (χ3v) is 7.99. The molecule has 0 radical (unpaired) electrons. The molecule has 1 saturated heterocycles. The molecule has 176 valence electrons. The van der Waals surface area contributed by atoms with Gasteiger partial charge in [0.25, 0.3) is 5.91 Å². The first kappa shape index (κ1) is 25.9. The molecule has 1 amide bonds. The summed E-state index contributed by atoms with van der Waals surface area (Å²) in [4.78, 5) is 12.4. The van der Waals surface area contributed by atoms with Crippen molar-refractivity contribution in [3.05, 3.63) is 53.3 Å². The zero-order valence-corrected chi connectivity index (χ0v) is 20.3. The van der Waals surface area contributed by atoms with E-state index in [4.69, 9.17) is 4.74 Å². The van der Waals surface area contributed by atoms with E-state index in [1.165, 1.54) is 13.2 Å². The lowest BCUT2D eigenvalue weighted by atomic mass is 9.90. The van der Waals surface area contributed by atoms with Crippen LogP contribution < -0.4 is 15.5 Å². The molecule has 2 aromatic rings. The molecule has 0 saturated carbocycles. The first-order chi connectivity index (χ1) is 15.2. The SMILES string of the molecule is C=S1(=C)CCC(NCc2ccc(-c3ccc(OC)cc3F)c(C)c2)(C(=O)NO)CC1.CC. The molecule has 0 aliphatic carbocycles. The number of hydrogen-bond acceptors (Lipinski definition) is 4. The molecule has 0 unspecified atom stereocenters. The highest BCUT2D eigenvalue weighted by atomic mass is 32.2. The molecule has 0 aromatic heterocycles. The van der Waals surface area contributed by atoms with Gasteiger partial charge in [-0.05, 0) is 60.1 Å². The standard InChI is InChI=1S/C23H29FN2O3S.C2H6/c1-16-13-17(5-7-19(16)20-8-6-18(29-2)14-21(20)24)15-25-23(22(27)26-28)9-11-30(3,4)12-10-23;1-2/h5-8,13-14,25,28H,3-4,9-12,15H2,1-2H3,(H,26,27);1-2H3. The zero-order chi connectivity index (χ0) is 23.9. The number of ether oxygens (including phenoxy) is 1. The van der Waals surface area contributed by atoms with E-state index in [2.05, 4.69) is 17.1 Å². The van der Waals surface area contributed by atoms with Crippen molar-refractivity contribution < 1.29 is 19.1 Å². The van der Waals surface area contributed by atoms with Crippen molar-refractivity contribution in [2.45, 2.75) is 45.7 Å². The molecule has 1 aliphatic rings. The summed E-state index contributed by atoms with van der Waals surface area (Å²) in [7, 11) is 0.330. The highest BCUT2D eigenvalue weighted by Crippen LogP contribution is 2.35. The number of carbonyl (C=O) groups excluding carboxylic acids is 1. The highest BCUT2D eigenvalue weighted by molar-refractivity contribution is 8.27. The van der Waals surface area contributed by atoms with Gasteiger partial charge in [0.2, 0.25) is 0 Å². The number of halogens is 1. The molecule has 3 rings (SSSR count). The van der Waals surface area contributed by atoms with Gasteiger partial charge in [-0.2, -0.15) is 0 Å². The summed E-state index contributed by atoms with van der Waals surface area (Å²) in [5.41, 5.74) is 4.20. The Morgan fingerprint density at radius 1 is 1.16 bits per heavy atom. The maximum absolute atomic E-state index is 14.5. The second kappa shape index (κ2) is 11.0. The number of hydrogen-bond donors (Lipinski definition) is 3. The van der Waals surface area contributed by atoms with Crippen LogP contribution in [0.15, 0.2) is 36.4 Å². The minimum absolute atomic E-state index is 0.337. The number of aryl methyl sites for hydroxylation is 1. The van der Waals surface area contributed by atoms with Crippen LogP contribution in [-0.2, 0) is 11.3 Å². The number of benzene rings is 2. The van der Waals surface area contributed by atoms with Crippen LogP contribution in [0, 0.1) is 12.7 Å². The Morgan fingerprint density at radius 2 is 1.78 bits per heavy atom. The lowest BCUT2D eigenvalue weighted by Gasteiger charge is -2.39. The molecule has 7 heteroatoms. The topological polar surface area (TPSA) is 70.6 Å². The van der Waals surface area contributed by atoms with E-state index in [0.29, 0.717) is 30.7 Å². The number of methoxy groups -OCH3 is 1. The van der Waals surface area contributed by atoms with E-state index in [1.807, 2.05) is 44.5 Å². The van der Waals surface area contributed by atoms with Crippen molar-refractivity contribution in [3.63, 3.8) is 0 Å². The normalized spacial score (nSPS) is 16.4. The average Bonchev–Trinajstić information content (AvgIpc) is 2.80. The third-order valence-electron chi connectivity index (χ3n) is 5.85. The van der Waals surface area contributed by atoms with Crippen LogP contribution in [0.3, 0.4) is 0 Å². The Morgan fingerprint density at radius 3 is 2.31 bits per heavy atom. The summed E-state index contributed by atoms with van der Waals surface area (Å²) in [5.74, 6) is 9.60. The molecule has 5 nitrogen and oxygen atoms in total. The van der Waals surface area contributed by atoms with Crippen LogP contribution in [-0.4, -0.2) is 47.0 Å². The molecule has 0 bridgehead atoms. The van der Waals surface area contributed by atoms with Crippen LogP contribution in [0.1, 0.15) is 37.8 Å². The summed E-state index contributed by atoms with van der Waals surface area (Å²) in [6.07, 6.45) is 1.16. The summed E-state index contributed by atoms with van der Waals surface area (Å²) in [5, 5.41) is 12.6. The van der Waals surface area contributed by atoms with Crippen molar-refractivity contribution in [1.82, 2.24) is 10.8 Å². The average molecular weight is 463 g/mol. The van der Waals surface area contributed by atoms with E-state index < -0.39 is 20.7 Å². The van der Waals surface area contributed by atoms with Crippen molar-refractivity contribution in [2.75, 3.05) is 18.6 Å². The number of rotatable bonds is 6. The van der Waals surface area contributed by atoms with Gasteiger partial charge < -0.3 is 4.74 Å². The minimum Gasteiger partial charge on any atom is -0.497 e. The molecular formula is C25H35FN2O3S. The molecule has 1 aliphatic heterocycles. The maximum Gasteiger partial charge on any atom is 0.263 e. The van der Waals surface area contributed by atoms with Gasteiger partial charge >= 0.3 is 0 Å². The Bertz CT molecular complexity index is 1040. The summed E-state index contributed by atoms with van der Waals surface area (Å²) < 4.78 is 19.5. The predicted molar refractivity (Wildman–Crippen MR) is 135 cm³/mol. The van der Waals surface area contributed by atoms with Crippen LogP contribution in [0.2, 0.25) is 0 Å². The Labute approximate surface area is 191 Å². The number of hydroxylamine groups is 1. The van der Waals surface area contributed by atoms with Gasteiger partial charge in [0.05, 0.1) is 7.11 Å². The molecule has 0 spiro atoms. The number of carbonyl (C=O) groups is 1. The first-order valence-electron chi connectivity index (χ1n) is 10.8. The Kier molecular flexibility index (Phi) is 8.89. The van der Waals surface area contributed by atoms with Gasteiger partial charge in [-0.3, -0.25) is 15.3 Å². The first-order valence-corrected chi connectivity index (χ1v) is 13.1. The Hall–Kier alpha value is -2.35. The summed E-state index contributed by atoms with van der Waals surface area (Å²) >= 11 is 0. The van der Waals surface area contributed by atoms with Gasteiger partial charge in [-0.1, -0.05) is 43.8 Å². The van der Waals surface area contributed by atoms with Crippen LogP contribution in [0.5, 0.6) is 5.75 Å². The van der Waals surface area contributed by atoms with Crippen LogP contribution in [0.25, 0.3) is 11.1 Å². The molecule has 0 atom stereocenters. The van der Waals surface area contributed by atoms with Crippen molar-refractivity contribution in [2.24, 2.45) is 0 Å². The van der Waals surface area contributed by atoms with Crippen molar-refractivity contribution >= 4 is 26.9 Å². The van der Waals surface area contributed by atoms with E-state index in [1.54, 1.807) is 12.1 Å². The molecule has 2 aromatic carbocycles. The van der Waals surface area contributed by atoms with Crippen LogP contribution >= 0.6 is 9.21 Å². The van der Waals surface area contributed by atoms with E-state index >= 15 is 0 Å². The molecule has 1 fully saturated rings. The monoisotopic (exact) mass is 462 g/mol. The van der Waals surface area contributed by atoms with E-state index in [0.717, 1.165) is 28.2 Å². The Balaban J connectivity index is 0.00000176. The molecule has 3 N–H and O–H groups in total. The largest absolute Gasteiger partial charge is 0.497 e. The molecule has 32 heavy (non-hydrogen) atoms. The summed E-state index contributed by atoms with van der Waals surface area (Å²) in [6, 6.07) is 10.6. The van der Waals surface area contributed by atoms with Gasteiger partial charge in [0.15, 0.2) is 0 Å². The van der Waals surface area contributed by atoms with Gasteiger partial charge in [0, 0.05) is 18.2 Å². The fourth-order valence-electron chi connectivity index (χ4n) is 3.85. The zero-order valence-electron chi connectivity index (χ0n) is 19.5. The molecular weight excluding hydrogens is 427 g/mol. The van der Waals surface area contributed by atoms with E-state index in [-0.39, 0.29) is 5.82 Å². The molecule has 1 heterocycles. The van der Waals surface area contributed by atoms with Crippen LogP contribution in [0.4, 0.5) is 4.39 Å². The van der Waals surface area contributed by atoms with Crippen molar-refractivity contribution in [1.29, 1.82) is 0 Å². The number of amides is 1. The minimum atomic E-state index is -1.18. The van der Waals surface area contributed by atoms with Gasteiger partial charge in [-0.25, -0.2) is 19.1 Å². The van der Waals surface area contributed by atoms with Crippen molar-refractivity contribution in [3.8, 4) is 16.9 Å². The number of nitrogens with one attached hydrogen (secondary N) is 2. The fourth-order valence-corrected chi connectivity index (χ4v) is 5.62. The van der Waals surface area contributed by atoms with Gasteiger partial charge in [-0.15, -0.1) is 0 Å². The summed E-state index contributed by atoms with van der Waals surface area (Å²) in [6.45, 7) is 6.39. The third kappa shape index (κ3) is 5.91. The highest BCUT2D eigenvalue weighted by Gasteiger charge is 2.40. The van der Waals surface area contributed by atoms with Gasteiger partial charge in [0.1, 0.15) is 17.1 Å².